The first kappa shape index (κ1) is 13.3. The molecule has 0 aliphatic rings. The maximum absolute atomic E-state index is 9.16. The van der Waals surface area contributed by atoms with Gasteiger partial charge in [-0.2, -0.15) is 0 Å². The first-order chi connectivity index (χ1) is 20.7. The van der Waals surface area contributed by atoms with Gasteiger partial charge in [0.05, 0.1) is 22.0 Å². The van der Waals surface area contributed by atoms with Crippen LogP contribution in [0.15, 0.2) is 133 Å². The van der Waals surface area contributed by atoms with E-state index >= 15 is 0 Å². The number of para-hydroxylation sites is 3. The Labute approximate surface area is 215 Å². The molecule has 0 bridgehead atoms. The van der Waals surface area contributed by atoms with E-state index in [0.717, 1.165) is 11.2 Å². The highest BCUT2D eigenvalue weighted by atomic mass is 15.1. The van der Waals surface area contributed by atoms with Crippen LogP contribution < -0.4 is 0 Å². The van der Waals surface area contributed by atoms with Crippen LogP contribution in [0.5, 0.6) is 0 Å². The Bertz CT molecular complexity index is 2180. The van der Waals surface area contributed by atoms with E-state index in [1.54, 1.807) is 24.3 Å². The van der Waals surface area contributed by atoms with Crippen LogP contribution in [0.1, 0.15) is 11.0 Å². The molecule has 0 saturated carbocycles. The highest BCUT2D eigenvalue weighted by Gasteiger charge is 2.21. The van der Waals surface area contributed by atoms with Gasteiger partial charge in [0.1, 0.15) is 5.82 Å². The quantitative estimate of drug-likeness (QED) is 0.244. The zero-order chi connectivity index (χ0) is 30.2. The summed E-state index contributed by atoms with van der Waals surface area (Å²) in [6, 6.07) is 22.8. The molecule has 164 valence electrons. The predicted octanol–water partition coefficient (Wildman–Crippen LogP) is 8.67. The van der Waals surface area contributed by atoms with Gasteiger partial charge in [0.2, 0.25) is 0 Å². The second-order valence-corrected chi connectivity index (χ2v) is 8.21. The second kappa shape index (κ2) is 7.96. The lowest BCUT2D eigenvalue weighted by Gasteiger charge is -2.18. The van der Waals surface area contributed by atoms with E-state index in [-0.39, 0.29) is 51.3 Å². The van der Waals surface area contributed by atoms with Crippen LogP contribution in [0.25, 0.3) is 60.8 Å². The summed E-state index contributed by atoms with van der Waals surface area (Å²) in [4.78, 5) is 4.97. The van der Waals surface area contributed by atoms with Crippen molar-refractivity contribution in [3.05, 3.63) is 133 Å². The van der Waals surface area contributed by atoms with Crippen molar-refractivity contribution in [2.24, 2.45) is 0 Å². The average molecular weight is 455 g/mol. The fraction of sp³-hybridized carbons (Fsp3) is 0. The molecule has 7 rings (SSSR count). The maximum atomic E-state index is 9.16. The van der Waals surface area contributed by atoms with Crippen LogP contribution >= 0.6 is 0 Å². The minimum absolute atomic E-state index is 0.134. The molecule has 0 fully saturated rings. The third-order valence-corrected chi connectivity index (χ3v) is 6.24. The molecule has 0 unspecified atom stereocenters. The van der Waals surface area contributed by atoms with Crippen LogP contribution in [0.4, 0.5) is 0 Å². The lowest BCUT2D eigenvalue weighted by molar-refractivity contribution is 1.11. The van der Waals surface area contributed by atoms with Gasteiger partial charge in [0.15, 0.2) is 0 Å². The monoisotopic (exact) mass is 454 g/mol. The van der Waals surface area contributed by atoms with E-state index in [2.05, 4.69) is 0 Å². The van der Waals surface area contributed by atoms with Crippen molar-refractivity contribution in [1.29, 1.82) is 0 Å². The number of hydrogen-bond acceptors (Lipinski definition) is 1. The standard InChI is InChI=1S/C33H22N2/c1-3-13-23(14-4-1)31-25-17-7-9-19-27(25)32(28-20-10-8-18-26(28)31)33-34-29-21-11-12-22-30(29)35(33)24-15-5-2-6-16-24/h1-22H/i7D,8D,9D,10D,17D,18D,19D,20D. The van der Waals surface area contributed by atoms with Crippen LogP contribution in [0.2, 0.25) is 0 Å². The van der Waals surface area contributed by atoms with Crippen molar-refractivity contribution in [2.45, 2.75) is 0 Å². The summed E-state index contributed by atoms with van der Waals surface area (Å²) < 4.78 is 72.8. The first-order valence-electron chi connectivity index (χ1n) is 15.3. The largest absolute Gasteiger partial charge is 0.292 e. The third-order valence-electron chi connectivity index (χ3n) is 6.24. The number of hydrogen-bond donors (Lipinski definition) is 0. The number of aromatic nitrogens is 2. The smallest absolute Gasteiger partial charge is 0.146 e. The summed E-state index contributed by atoms with van der Waals surface area (Å²) in [5, 5.41) is 0.595. The van der Waals surface area contributed by atoms with Gasteiger partial charge in [-0.1, -0.05) is 109 Å². The van der Waals surface area contributed by atoms with Crippen molar-refractivity contribution in [3.8, 4) is 28.2 Å². The van der Waals surface area contributed by atoms with Crippen LogP contribution in [0, 0.1) is 0 Å². The number of benzene rings is 6. The molecule has 1 heterocycles. The summed E-state index contributed by atoms with van der Waals surface area (Å²) in [5.41, 5.74) is 3.19. The molecule has 2 heteroatoms. The van der Waals surface area contributed by atoms with Gasteiger partial charge in [-0.25, -0.2) is 4.98 Å². The van der Waals surface area contributed by atoms with Crippen molar-refractivity contribution in [2.75, 3.05) is 0 Å². The summed E-state index contributed by atoms with van der Waals surface area (Å²) in [6.45, 7) is 0. The Hall–Kier alpha value is -4.69. The minimum Gasteiger partial charge on any atom is -0.292 e. The summed E-state index contributed by atoms with van der Waals surface area (Å²) in [5.74, 6) is 0.303. The fourth-order valence-corrected chi connectivity index (χ4v) is 4.77. The van der Waals surface area contributed by atoms with Gasteiger partial charge in [0.25, 0.3) is 0 Å². The molecule has 0 N–H and O–H groups in total. The molecular formula is C33H22N2. The molecular weight excluding hydrogens is 424 g/mol. The zero-order valence-corrected chi connectivity index (χ0v) is 18.5. The topological polar surface area (TPSA) is 17.8 Å². The molecule has 2 nitrogen and oxygen atoms in total. The van der Waals surface area contributed by atoms with Gasteiger partial charge in [-0.15, -0.1) is 0 Å². The molecule has 0 amide bonds. The van der Waals surface area contributed by atoms with Gasteiger partial charge in [0, 0.05) is 11.3 Å². The summed E-state index contributed by atoms with van der Waals surface area (Å²) in [7, 11) is 0. The lowest BCUT2D eigenvalue weighted by atomic mass is 9.88. The normalized spacial score (nSPS) is 14.6. The number of imidazole rings is 1. The molecule has 35 heavy (non-hydrogen) atoms. The van der Waals surface area contributed by atoms with E-state index in [9.17, 15) is 0 Å². The first-order valence-corrected chi connectivity index (χ1v) is 11.3. The highest BCUT2D eigenvalue weighted by Crippen LogP contribution is 2.44. The molecule has 6 aromatic carbocycles. The van der Waals surface area contributed by atoms with Crippen molar-refractivity contribution < 1.29 is 11.0 Å². The van der Waals surface area contributed by atoms with Crippen LogP contribution in [0.3, 0.4) is 0 Å². The number of nitrogens with zero attached hydrogens (tertiary/aromatic N) is 2. The Morgan fingerprint density at radius 1 is 0.543 bits per heavy atom. The molecule has 0 aliphatic carbocycles. The van der Waals surface area contributed by atoms with Crippen molar-refractivity contribution >= 4 is 32.6 Å². The van der Waals surface area contributed by atoms with Crippen LogP contribution in [-0.2, 0) is 0 Å². The molecule has 0 radical (unpaired) electrons. The third kappa shape index (κ3) is 3.08. The molecule has 0 saturated heterocycles. The summed E-state index contributed by atoms with van der Waals surface area (Å²) in [6.07, 6.45) is 0. The predicted molar refractivity (Wildman–Crippen MR) is 147 cm³/mol. The molecule has 0 aliphatic heterocycles. The highest BCUT2D eigenvalue weighted by molar-refractivity contribution is 6.21. The van der Waals surface area contributed by atoms with Gasteiger partial charge < -0.3 is 0 Å². The fourth-order valence-electron chi connectivity index (χ4n) is 4.77. The number of fused-ring (bicyclic) bond motifs is 3. The Balaban J connectivity index is 1.86. The Kier molecular flexibility index (Phi) is 3.02. The molecule has 0 spiro atoms. The van der Waals surface area contributed by atoms with Crippen molar-refractivity contribution in [1.82, 2.24) is 9.55 Å². The molecule has 0 atom stereocenters. The zero-order valence-electron chi connectivity index (χ0n) is 26.5. The van der Waals surface area contributed by atoms with E-state index in [4.69, 9.17) is 16.0 Å². The summed E-state index contributed by atoms with van der Waals surface area (Å²) >= 11 is 0. The molecule has 1 aromatic heterocycles. The van der Waals surface area contributed by atoms with E-state index in [0.29, 0.717) is 22.5 Å². The van der Waals surface area contributed by atoms with E-state index in [1.807, 2.05) is 65.2 Å². The average Bonchev–Trinajstić information content (AvgIpc) is 3.43. The van der Waals surface area contributed by atoms with E-state index in [1.165, 1.54) is 0 Å². The van der Waals surface area contributed by atoms with E-state index < -0.39 is 24.2 Å². The Morgan fingerprint density at radius 3 is 1.69 bits per heavy atom. The maximum Gasteiger partial charge on any atom is 0.146 e. The van der Waals surface area contributed by atoms with Gasteiger partial charge in [-0.3, -0.25) is 4.57 Å². The number of rotatable bonds is 3. The van der Waals surface area contributed by atoms with Crippen molar-refractivity contribution in [3.63, 3.8) is 0 Å². The lowest BCUT2D eigenvalue weighted by Crippen LogP contribution is -1.99. The SMILES string of the molecule is [2H]c1c([2H])c([2H])c2c(-c3nc4ccccc4n3-c3ccccc3)c3c([2H])c([2H])c([2H])c([2H])c3c(-c3ccccc3)c2c1[2H]. The van der Waals surface area contributed by atoms with Crippen LogP contribution in [-0.4, -0.2) is 9.55 Å². The van der Waals surface area contributed by atoms with Gasteiger partial charge in [-0.05, 0) is 56.9 Å². The minimum atomic E-state index is -0.444. The Morgan fingerprint density at radius 2 is 1.06 bits per heavy atom. The van der Waals surface area contributed by atoms with Gasteiger partial charge >= 0.3 is 0 Å². The molecule has 7 aromatic rings. The second-order valence-electron chi connectivity index (χ2n) is 8.21.